The number of urea groups is 1. The van der Waals surface area contributed by atoms with Gasteiger partial charge >= 0.3 is 12.0 Å². The molecule has 2 amide bonds. The minimum Gasteiger partial charge on any atom is -0.481 e. The van der Waals surface area contributed by atoms with Crippen LogP contribution in [0.3, 0.4) is 0 Å². The molecular formula is C19H22N2O3. The van der Waals surface area contributed by atoms with Gasteiger partial charge in [-0.2, -0.15) is 0 Å². The normalized spacial score (nSPS) is 15.9. The maximum Gasteiger partial charge on any atom is 0.317 e. The Bertz CT molecular complexity index is 733. The quantitative estimate of drug-likeness (QED) is 0.902. The predicted octanol–water partition coefficient (Wildman–Crippen LogP) is 3.55. The Morgan fingerprint density at radius 3 is 2.50 bits per heavy atom. The second-order valence-electron chi connectivity index (χ2n) is 6.22. The highest BCUT2D eigenvalue weighted by Gasteiger charge is 2.23. The lowest BCUT2D eigenvalue weighted by Gasteiger charge is -2.29. The summed E-state index contributed by atoms with van der Waals surface area (Å²) in [6, 6.07) is 12.9. The van der Waals surface area contributed by atoms with Crippen molar-refractivity contribution in [2.24, 2.45) is 0 Å². The number of benzene rings is 2. The van der Waals surface area contributed by atoms with Crippen LogP contribution in [0.15, 0.2) is 42.5 Å². The molecule has 1 fully saturated rings. The Hall–Kier alpha value is -2.56. The Balaban J connectivity index is 1.88. The number of amides is 2. The van der Waals surface area contributed by atoms with Gasteiger partial charge in [-0.1, -0.05) is 42.5 Å². The third kappa shape index (κ3) is 3.67. The molecule has 0 radical (unpaired) electrons. The zero-order valence-electron chi connectivity index (χ0n) is 13.6. The zero-order valence-corrected chi connectivity index (χ0v) is 13.6. The highest BCUT2D eigenvalue weighted by Crippen LogP contribution is 2.27. The van der Waals surface area contributed by atoms with Gasteiger partial charge in [-0.05, 0) is 35.6 Å². The third-order valence-electron chi connectivity index (χ3n) is 4.52. The molecule has 3 rings (SSSR count). The minimum atomic E-state index is -0.924. The average molecular weight is 326 g/mol. The molecule has 0 spiro atoms. The fourth-order valence-electron chi connectivity index (χ4n) is 3.31. The van der Waals surface area contributed by atoms with Crippen molar-refractivity contribution in [2.75, 3.05) is 13.1 Å². The number of rotatable bonds is 4. The molecule has 0 bridgehead atoms. The fourth-order valence-corrected chi connectivity index (χ4v) is 3.31. The number of carbonyl (C=O) groups is 2. The number of hydrogen-bond donors (Lipinski definition) is 2. The number of aliphatic carboxylic acids is 1. The zero-order chi connectivity index (χ0) is 16.9. The molecule has 0 aromatic heterocycles. The maximum absolute atomic E-state index is 12.5. The van der Waals surface area contributed by atoms with Gasteiger partial charge < -0.3 is 15.3 Å². The molecule has 2 aromatic carbocycles. The van der Waals surface area contributed by atoms with Crippen molar-refractivity contribution < 1.29 is 14.7 Å². The first-order valence-electron chi connectivity index (χ1n) is 8.40. The summed E-state index contributed by atoms with van der Waals surface area (Å²) in [5, 5.41) is 14.2. The summed E-state index contributed by atoms with van der Waals surface area (Å²) >= 11 is 0. The number of carboxylic acid groups (broad SMARTS) is 1. The number of fused-ring (bicyclic) bond motifs is 1. The van der Waals surface area contributed by atoms with Gasteiger partial charge in [0, 0.05) is 13.1 Å². The van der Waals surface area contributed by atoms with Gasteiger partial charge in [0.05, 0.1) is 12.5 Å². The van der Waals surface area contributed by atoms with Crippen molar-refractivity contribution >= 4 is 22.8 Å². The Labute approximate surface area is 141 Å². The second-order valence-corrected chi connectivity index (χ2v) is 6.22. The van der Waals surface area contributed by atoms with E-state index >= 15 is 0 Å². The molecule has 126 valence electrons. The molecule has 0 unspecified atom stereocenters. The summed E-state index contributed by atoms with van der Waals surface area (Å²) in [5.41, 5.74) is 0.848. The van der Waals surface area contributed by atoms with Crippen LogP contribution in [0.1, 0.15) is 37.3 Å². The molecule has 24 heavy (non-hydrogen) atoms. The predicted molar refractivity (Wildman–Crippen MR) is 92.9 cm³/mol. The van der Waals surface area contributed by atoms with E-state index in [4.69, 9.17) is 0 Å². The number of carbonyl (C=O) groups excluding carboxylic acids is 1. The van der Waals surface area contributed by atoms with Crippen molar-refractivity contribution in [3.8, 4) is 0 Å². The first-order chi connectivity index (χ1) is 11.6. The van der Waals surface area contributed by atoms with Gasteiger partial charge in [0.2, 0.25) is 0 Å². The molecule has 5 heteroatoms. The van der Waals surface area contributed by atoms with E-state index < -0.39 is 12.0 Å². The number of nitrogens with zero attached hydrogens (tertiary/aromatic N) is 1. The van der Waals surface area contributed by atoms with Crippen LogP contribution >= 0.6 is 0 Å². The summed E-state index contributed by atoms with van der Waals surface area (Å²) < 4.78 is 0. The van der Waals surface area contributed by atoms with Crippen LogP contribution in [0.5, 0.6) is 0 Å². The molecule has 2 aromatic rings. The van der Waals surface area contributed by atoms with Crippen LogP contribution in [0, 0.1) is 0 Å². The van der Waals surface area contributed by atoms with E-state index in [2.05, 4.69) is 5.32 Å². The van der Waals surface area contributed by atoms with Crippen LogP contribution in [0.25, 0.3) is 10.8 Å². The number of likely N-dealkylation sites (tertiary alicyclic amines) is 1. The van der Waals surface area contributed by atoms with Crippen molar-refractivity contribution in [2.45, 2.75) is 31.7 Å². The molecule has 1 atom stereocenters. The van der Waals surface area contributed by atoms with E-state index in [1.165, 1.54) is 0 Å². The van der Waals surface area contributed by atoms with Crippen molar-refractivity contribution in [3.63, 3.8) is 0 Å². The van der Waals surface area contributed by atoms with E-state index in [1.54, 1.807) is 4.90 Å². The third-order valence-corrected chi connectivity index (χ3v) is 4.52. The monoisotopic (exact) mass is 326 g/mol. The van der Waals surface area contributed by atoms with Crippen molar-refractivity contribution in [3.05, 3.63) is 48.0 Å². The van der Waals surface area contributed by atoms with E-state index in [-0.39, 0.29) is 12.5 Å². The summed E-state index contributed by atoms with van der Waals surface area (Å²) in [6.45, 7) is 1.47. The maximum atomic E-state index is 12.5. The minimum absolute atomic E-state index is 0.131. The molecule has 2 N–H and O–H groups in total. The molecule has 1 aliphatic heterocycles. The standard InChI is InChI=1S/C19H22N2O3/c22-18(23)13-17(20-19(24)21-11-4-1-5-12-21)16-10-6-8-14-7-2-3-9-15(14)16/h2-3,6-10,17H,1,4-5,11-13H2,(H,20,24)(H,22,23)/t17-/m1/s1. The Kier molecular flexibility index (Phi) is 4.99. The smallest absolute Gasteiger partial charge is 0.317 e. The van der Waals surface area contributed by atoms with Gasteiger partial charge in [0.25, 0.3) is 0 Å². The van der Waals surface area contributed by atoms with Crippen LogP contribution in [0.4, 0.5) is 4.79 Å². The first kappa shape index (κ1) is 16.3. The van der Waals surface area contributed by atoms with Crippen LogP contribution in [-0.4, -0.2) is 35.1 Å². The highest BCUT2D eigenvalue weighted by molar-refractivity contribution is 5.87. The number of carboxylic acids is 1. The molecule has 1 aliphatic rings. The molecule has 1 saturated heterocycles. The van der Waals surface area contributed by atoms with E-state index in [0.717, 1.165) is 48.7 Å². The SMILES string of the molecule is O=C(O)C[C@@H](NC(=O)N1CCCCC1)c1cccc2ccccc12. The lowest BCUT2D eigenvalue weighted by molar-refractivity contribution is -0.137. The van der Waals surface area contributed by atoms with Crippen LogP contribution in [-0.2, 0) is 4.79 Å². The van der Waals surface area contributed by atoms with Gasteiger partial charge in [0.15, 0.2) is 0 Å². The Morgan fingerprint density at radius 2 is 1.75 bits per heavy atom. The van der Waals surface area contributed by atoms with Gasteiger partial charge in [-0.3, -0.25) is 4.79 Å². The molecule has 1 heterocycles. The van der Waals surface area contributed by atoms with Crippen molar-refractivity contribution in [1.29, 1.82) is 0 Å². The summed E-state index contributed by atoms with van der Waals surface area (Å²) in [4.78, 5) is 25.6. The number of piperidine rings is 1. The fraction of sp³-hybridized carbons (Fsp3) is 0.368. The van der Waals surface area contributed by atoms with Crippen LogP contribution < -0.4 is 5.32 Å². The summed E-state index contributed by atoms with van der Waals surface area (Å²) in [6.07, 6.45) is 3.02. The first-order valence-corrected chi connectivity index (χ1v) is 8.40. The largest absolute Gasteiger partial charge is 0.481 e. The lowest BCUT2D eigenvalue weighted by Crippen LogP contribution is -2.44. The van der Waals surface area contributed by atoms with Gasteiger partial charge in [-0.25, -0.2) is 4.79 Å². The van der Waals surface area contributed by atoms with Crippen molar-refractivity contribution in [1.82, 2.24) is 10.2 Å². The van der Waals surface area contributed by atoms with E-state index in [9.17, 15) is 14.7 Å². The number of nitrogens with one attached hydrogen (secondary N) is 1. The van der Waals surface area contributed by atoms with Gasteiger partial charge in [-0.15, -0.1) is 0 Å². The molecule has 0 aliphatic carbocycles. The average Bonchev–Trinajstić information content (AvgIpc) is 2.61. The second kappa shape index (κ2) is 7.34. The summed E-state index contributed by atoms with van der Waals surface area (Å²) in [5.74, 6) is -0.924. The molecule has 0 saturated carbocycles. The topological polar surface area (TPSA) is 69.6 Å². The number of hydrogen-bond acceptors (Lipinski definition) is 2. The Morgan fingerprint density at radius 1 is 1.04 bits per heavy atom. The van der Waals surface area contributed by atoms with E-state index in [0.29, 0.717) is 0 Å². The van der Waals surface area contributed by atoms with Gasteiger partial charge in [0.1, 0.15) is 0 Å². The molecule has 5 nitrogen and oxygen atoms in total. The molecular weight excluding hydrogens is 304 g/mol. The highest BCUT2D eigenvalue weighted by atomic mass is 16.4. The van der Waals surface area contributed by atoms with Crippen LogP contribution in [0.2, 0.25) is 0 Å². The lowest BCUT2D eigenvalue weighted by atomic mass is 9.97. The van der Waals surface area contributed by atoms with E-state index in [1.807, 2.05) is 42.5 Å². The summed E-state index contributed by atoms with van der Waals surface area (Å²) in [7, 11) is 0.